The summed E-state index contributed by atoms with van der Waals surface area (Å²) < 4.78 is 46.8. The van der Waals surface area contributed by atoms with Gasteiger partial charge >= 0.3 is 0 Å². The molecule has 1 N–H and O–H groups in total. The molecule has 1 amide bonds. The highest BCUT2D eigenvalue weighted by molar-refractivity contribution is 7.92. The second-order valence-corrected chi connectivity index (χ2v) is 11.6. The van der Waals surface area contributed by atoms with Crippen molar-refractivity contribution in [3.8, 4) is 0 Å². The second-order valence-electron chi connectivity index (χ2n) is 9.88. The van der Waals surface area contributed by atoms with Crippen LogP contribution in [0.25, 0.3) is 0 Å². The monoisotopic (exact) mass is 543 g/mol. The summed E-state index contributed by atoms with van der Waals surface area (Å²) in [6.45, 7) is 8.59. The first kappa shape index (κ1) is 26.0. The van der Waals surface area contributed by atoms with Crippen LogP contribution in [0, 0.1) is 19.7 Å². The van der Waals surface area contributed by atoms with Gasteiger partial charge in [-0.05, 0) is 81.6 Å². The van der Waals surface area contributed by atoms with E-state index in [0.29, 0.717) is 37.4 Å². The zero-order chi connectivity index (χ0) is 27.0. The number of fused-ring (bicyclic) bond motifs is 1. The van der Waals surface area contributed by atoms with Gasteiger partial charge in [0.15, 0.2) is 0 Å². The average molecular weight is 544 g/mol. The molecule has 3 heterocycles. The van der Waals surface area contributed by atoms with E-state index >= 15 is 0 Å². The Morgan fingerprint density at radius 3 is 2.45 bits per heavy atom. The maximum atomic E-state index is 13.7. The molecule has 5 rings (SSSR count). The molecular weight excluding hydrogens is 509 g/mol. The van der Waals surface area contributed by atoms with Crippen LogP contribution in [-0.4, -0.2) is 63.1 Å². The maximum Gasteiger partial charge on any atom is 0.264 e. The lowest BCUT2D eigenvalue weighted by molar-refractivity contribution is -0.132. The summed E-state index contributed by atoms with van der Waals surface area (Å²) in [5, 5.41) is 3.79. The number of hydrogen-bond acceptors (Lipinski definition) is 7. The number of amides is 1. The summed E-state index contributed by atoms with van der Waals surface area (Å²) in [7, 11) is -3.81. The van der Waals surface area contributed by atoms with E-state index in [1.807, 2.05) is 11.8 Å². The summed E-state index contributed by atoms with van der Waals surface area (Å²) in [5.41, 5.74) is 4.05. The van der Waals surface area contributed by atoms with Crippen molar-refractivity contribution < 1.29 is 23.6 Å². The minimum Gasteiger partial charge on any atom is -0.368 e. The van der Waals surface area contributed by atoms with Crippen LogP contribution in [0.1, 0.15) is 31.6 Å². The third-order valence-corrected chi connectivity index (χ3v) is 8.86. The quantitative estimate of drug-likeness (QED) is 0.502. The van der Waals surface area contributed by atoms with Gasteiger partial charge in [0.2, 0.25) is 11.8 Å². The minimum atomic E-state index is -3.81. The first-order valence-electron chi connectivity index (χ1n) is 12.8. The van der Waals surface area contributed by atoms with Crippen molar-refractivity contribution in [2.45, 2.75) is 44.6 Å². The van der Waals surface area contributed by atoms with Gasteiger partial charge in [-0.25, -0.2) is 17.5 Å². The number of carbonyl (C=O) groups is 1. The lowest BCUT2D eigenvalue weighted by atomic mass is 9.99. The Morgan fingerprint density at radius 1 is 1.08 bits per heavy atom. The summed E-state index contributed by atoms with van der Waals surface area (Å²) in [6.07, 6.45) is 1.71. The van der Waals surface area contributed by atoms with Crippen molar-refractivity contribution in [2.24, 2.45) is 0 Å². The van der Waals surface area contributed by atoms with Gasteiger partial charge in [0, 0.05) is 51.1 Å². The van der Waals surface area contributed by atoms with Crippen LogP contribution in [0.4, 0.5) is 21.6 Å². The van der Waals surface area contributed by atoms with Gasteiger partial charge in [0.1, 0.15) is 11.9 Å². The SMILES string of the molecule is Cc1noc(NS(=O)(=O)c2ccc(N3CCN(C(=O)[C@@H](C)N4CCCc5cc(F)ccc54)CC3)cc2)c1C.[HH]. The van der Waals surface area contributed by atoms with Gasteiger partial charge in [-0.2, -0.15) is 0 Å². The maximum absolute atomic E-state index is 13.7. The Bertz CT molecular complexity index is 1440. The Balaban J connectivity index is 0.00000353. The fourth-order valence-corrected chi connectivity index (χ4v) is 6.15. The number of aryl methyl sites for hydroxylation is 2. The molecule has 1 atom stereocenters. The molecule has 38 heavy (non-hydrogen) atoms. The number of benzene rings is 2. The first-order valence-corrected chi connectivity index (χ1v) is 14.3. The lowest BCUT2D eigenvalue weighted by Crippen LogP contribution is -2.55. The number of piperazine rings is 1. The zero-order valence-corrected chi connectivity index (χ0v) is 22.6. The number of hydrogen-bond donors (Lipinski definition) is 1. The van der Waals surface area contributed by atoms with Crippen molar-refractivity contribution in [2.75, 3.05) is 47.2 Å². The fourth-order valence-electron chi connectivity index (χ4n) is 5.11. The Hall–Kier alpha value is -3.60. The molecule has 0 spiro atoms. The Labute approximate surface area is 223 Å². The van der Waals surface area contributed by atoms with Crippen molar-refractivity contribution in [1.82, 2.24) is 10.1 Å². The summed E-state index contributed by atoms with van der Waals surface area (Å²) >= 11 is 0. The number of rotatable bonds is 6. The number of halogens is 1. The van der Waals surface area contributed by atoms with E-state index in [4.69, 9.17) is 4.52 Å². The summed E-state index contributed by atoms with van der Waals surface area (Å²) in [6, 6.07) is 11.1. The molecule has 2 aliphatic rings. The van der Waals surface area contributed by atoms with Gasteiger partial charge in [-0.15, -0.1) is 0 Å². The van der Waals surface area contributed by atoms with Crippen molar-refractivity contribution in [1.29, 1.82) is 0 Å². The molecule has 0 unspecified atom stereocenters. The van der Waals surface area contributed by atoms with E-state index < -0.39 is 10.0 Å². The van der Waals surface area contributed by atoms with E-state index in [1.54, 1.807) is 50.2 Å². The van der Waals surface area contributed by atoms with Crippen LogP contribution in [0.15, 0.2) is 51.9 Å². The molecule has 2 aliphatic heterocycles. The molecule has 0 bridgehead atoms. The molecule has 1 aromatic heterocycles. The smallest absolute Gasteiger partial charge is 0.264 e. The first-order chi connectivity index (χ1) is 18.1. The highest BCUT2D eigenvalue weighted by Crippen LogP contribution is 2.30. The normalized spacial score (nSPS) is 16.8. The molecule has 0 radical (unpaired) electrons. The second kappa shape index (κ2) is 10.3. The van der Waals surface area contributed by atoms with Crippen molar-refractivity contribution in [3.63, 3.8) is 0 Å². The number of nitrogens with zero attached hydrogens (tertiary/aromatic N) is 4. The number of nitrogens with one attached hydrogen (secondary N) is 1. The van der Waals surface area contributed by atoms with Crippen molar-refractivity contribution in [3.05, 3.63) is 65.1 Å². The van der Waals surface area contributed by atoms with Crippen LogP contribution >= 0.6 is 0 Å². The molecule has 1 saturated heterocycles. The number of sulfonamides is 1. The van der Waals surface area contributed by atoms with E-state index in [2.05, 4.69) is 19.7 Å². The van der Waals surface area contributed by atoms with Gasteiger partial charge in [0.05, 0.1) is 10.6 Å². The van der Waals surface area contributed by atoms with E-state index in [0.717, 1.165) is 36.3 Å². The molecule has 0 saturated carbocycles. The van der Waals surface area contributed by atoms with E-state index in [-0.39, 0.29) is 30.0 Å². The van der Waals surface area contributed by atoms with Crippen LogP contribution < -0.4 is 14.5 Å². The fraction of sp³-hybridized carbons (Fsp3) is 0.407. The number of carbonyl (C=O) groups excluding carboxylic acids is 1. The molecular formula is C27H34FN5O4S. The Kier molecular flexibility index (Phi) is 7.04. The molecule has 9 nitrogen and oxygen atoms in total. The van der Waals surface area contributed by atoms with Gasteiger partial charge in [-0.1, -0.05) is 5.16 Å². The minimum absolute atomic E-state index is 0. The van der Waals surface area contributed by atoms with Crippen LogP contribution in [0.3, 0.4) is 0 Å². The largest absolute Gasteiger partial charge is 0.368 e. The van der Waals surface area contributed by atoms with Crippen molar-refractivity contribution >= 4 is 33.2 Å². The molecule has 1 fully saturated rings. The van der Waals surface area contributed by atoms with Crippen LogP contribution in [0.2, 0.25) is 0 Å². The predicted octanol–water partition coefficient (Wildman–Crippen LogP) is 3.97. The van der Waals surface area contributed by atoms with Gasteiger partial charge < -0.3 is 19.2 Å². The van der Waals surface area contributed by atoms with E-state index in [9.17, 15) is 17.6 Å². The number of anilines is 3. The topological polar surface area (TPSA) is 99.0 Å². The third-order valence-electron chi connectivity index (χ3n) is 7.51. The standard InChI is InChI=1S/C27H32FN5O4S.H2/c1-18-19(2)29-37-26(18)30-38(35,36)24-9-7-23(8-10-24)31-13-15-32(16-14-31)27(34)20(3)33-12-4-5-21-17-22(28)6-11-25(21)33;/h6-11,17,20,30H,4-5,12-16H2,1-3H3;1H/t20-;/m1./s1. The zero-order valence-electron chi connectivity index (χ0n) is 21.8. The summed E-state index contributed by atoms with van der Waals surface area (Å²) in [4.78, 5) is 19.6. The average Bonchev–Trinajstić information content (AvgIpc) is 3.23. The lowest BCUT2D eigenvalue weighted by Gasteiger charge is -2.41. The van der Waals surface area contributed by atoms with Gasteiger partial charge in [-0.3, -0.25) is 4.79 Å². The molecule has 204 valence electrons. The Morgan fingerprint density at radius 2 is 1.79 bits per heavy atom. The third kappa shape index (κ3) is 5.07. The predicted molar refractivity (Wildman–Crippen MR) is 146 cm³/mol. The molecule has 11 heteroatoms. The molecule has 3 aromatic rings. The summed E-state index contributed by atoms with van der Waals surface area (Å²) in [5.74, 6) is -0.0725. The highest BCUT2D eigenvalue weighted by Gasteiger charge is 2.31. The highest BCUT2D eigenvalue weighted by atomic mass is 32.2. The number of aromatic nitrogens is 1. The van der Waals surface area contributed by atoms with Crippen LogP contribution in [-0.2, 0) is 21.2 Å². The van der Waals surface area contributed by atoms with Crippen LogP contribution in [0.5, 0.6) is 0 Å². The van der Waals surface area contributed by atoms with Gasteiger partial charge in [0.25, 0.3) is 10.0 Å². The van der Waals surface area contributed by atoms with E-state index in [1.165, 1.54) is 6.07 Å². The molecule has 2 aromatic carbocycles. The molecule has 0 aliphatic carbocycles.